The maximum Gasteiger partial charge on any atom is 0.222 e. The molecule has 0 aliphatic carbocycles. The lowest BCUT2D eigenvalue weighted by molar-refractivity contribution is -0.127. The van der Waals surface area contributed by atoms with Gasteiger partial charge in [0.05, 0.1) is 6.61 Å². The highest BCUT2D eigenvalue weighted by molar-refractivity contribution is 5.77. The second-order valence-corrected chi connectivity index (χ2v) is 4.30. The predicted molar refractivity (Wildman–Crippen MR) is 64.0 cm³/mol. The molecule has 1 aromatic rings. The fourth-order valence-electron chi connectivity index (χ4n) is 1.96. The van der Waals surface area contributed by atoms with Crippen LogP contribution in [0.1, 0.15) is 19.3 Å². The van der Waals surface area contributed by atoms with Gasteiger partial charge < -0.3 is 14.7 Å². The van der Waals surface area contributed by atoms with Gasteiger partial charge in [0.25, 0.3) is 0 Å². The average molecular weight is 253 g/mol. The van der Waals surface area contributed by atoms with Crippen LogP contribution in [-0.4, -0.2) is 35.6 Å². The molecule has 1 heterocycles. The molecule has 1 N–H and O–H groups in total. The molecule has 4 nitrogen and oxygen atoms in total. The zero-order chi connectivity index (χ0) is 13.0. The molecule has 0 spiro atoms. The first-order valence-corrected chi connectivity index (χ1v) is 6.06. The third-order valence-corrected chi connectivity index (χ3v) is 2.93. The molecule has 2 rings (SSSR count). The Labute approximate surface area is 105 Å². The Morgan fingerprint density at radius 3 is 2.94 bits per heavy atom. The maximum absolute atomic E-state index is 13.0. The second kappa shape index (κ2) is 5.71. The fraction of sp³-hybridized carbons (Fsp3) is 0.462. The minimum absolute atomic E-state index is 0.200. The minimum Gasteiger partial charge on any atom is -0.505 e. The van der Waals surface area contributed by atoms with Crippen molar-refractivity contribution >= 4 is 5.91 Å². The molecule has 0 bridgehead atoms. The average Bonchev–Trinajstić information content (AvgIpc) is 2.75. The number of hydrogen-bond acceptors (Lipinski definition) is 3. The van der Waals surface area contributed by atoms with Crippen molar-refractivity contribution in [2.75, 3.05) is 19.7 Å². The number of aromatic hydroxyl groups is 1. The van der Waals surface area contributed by atoms with E-state index in [1.807, 2.05) is 4.90 Å². The Balaban J connectivity index is 1.71. The van der Waals surface area contributed by atoms with Gasteiger partial charge in [-0.25, -0.2) is 4.39 Å². The van der Waals surface area contributed by atoms with Gasteiger partial charge in [0.15, 0.2) is 11.6 Å². The van der Waals surface area contributed by atoms with Crippen molar-refractivity contribution in [1.29, 1.82) is 0 Å². The Hall–Kier alpha value is -1.78. The van der Waals surface area contributed by atoms with Crippen LogP contribution in [0.4, 0.5) is 4.39 Å². The van der Waals surface area contributed by atoms with Crippen molar-refractivity contribution in [2.24, 2.45) is 0 Å². The Morgan fingerprint density at radius 2 is 2.28 bits per heavy atom. The van der Waals surface area contributed by atoms with Crippen LogP contribution in [-0.2, 0) is 4.79 Å². The van der Waals surface area contributed by atoms with E-state index in [0.717, 1.165) is 19.0 Å². The number of likely N-dealkylation sites (tertiary alicyclic amines) is 1. The molecule has 1 aliphatic rings. The number of rotatable bonds is 5. The van der Waals surface area contributed by atoms with Gasteiger partial charge in [0.1, 0.15) is 5.75 Å². The number of amides is 1. The number of halogens is 1. The van der Waals surface area contributed by atoms with Gasteiger partial charge in [-0.3, -0.25) is 4.79 Å². The lowest BCUT2D eigenvalue weighted by atomic mass is 10.3. The van der Waals surface area contributed by atoms with Crippen molar-refractivity contribution < 1.29 is 19.0 Å². The Morgan fingerprint density at radius 1 is 1.44 bits per heavy atom. The molecule has 1 saturated heterocycles. The monoisotopic (exact) mass is 253 g/mol. The molecule has 0 saturated carbocycles. The van der Waals surface area contributed by atoms with E-state index in [9.17, 15) is 9.18 Å². The van der Waals surface area contributed by atoms with Gasteiger partial charge in [-0.05, 0) is 25.0 Å². The van der Waals surface area contributed by atoms with Crippen LogP contribution in [0.25, 0.3) is 0 Å². The first kappa shape index (κ1) is 12.7. The third kappa shape index (κ3) is 3.12. The van der Waals surface area contributed by atoms with Crippen molar-refractivity contribution in [3.05, 3.63) is 24.0 Å². The highest BCUT2D eigenvalue weighted by Crippen LogP contribution is 2.21. The number of nitrogens with zero attached hydrogens (tertiary/aromatic N) is 1. The molecule has 18 heavy (non-hydrogen) atoms. The lowest BCUT2D eigenvalue weighted by Crippen LogP contribution is -2.26. The number of benzene rings is 1. The topological polar surface area (TPSA) is 49.8 Å². The van der Waals surface area contributed by atoms with E-state index in [2.05, 4.69) is 0 Å². The molecule has 1 fully saturated rings. The van der Waals surface area contributed by atoms with Gasteiger partial charge in [-0.2, -0.15) is 0 Å². The van der Waals surface area contributed by atoms with Crippen molar-refractivity contribution in [3.63, 3.8) is 0 Å². The SMILES string of the molecule is O=C1CCCN1CCCOc1ccc(O)c(F)c1. The van der Waals surface area contributed by atoms with Gasteiger partial charge in [-0.15, -0.1) is 0 Å². The zero-order valence-electron chi connectivity index (χ0n) is 10.1. The summed E-state index contributed by atoms with van der Waals surface area (Å²) in [6, 6.07) is 3.92. The van der Waals surface area contributed by atoms with Crippen LogP contribution in [0.3, 0.4) is 0 Å². The molecule has 1 aliphatic heterocycles. The van der Waals surface area contributed by atoms with Gasteiger partial charge >= 0.3 is 0 Å². The first-order chi connectivity index (χ1) is 8.66. The summed E-state index contributed by atoms with van der Waals surface area (Å²) in [6.07, 6.45) is 2.29. The van der Waals surface area contributed by atoms with E-state index in [1.54, 1.807) is 0 Å². The molecule has 0 atom stereocenters. The number of carbonyl (C=O) groups excluding carboxylic acids is 1. The number of phenolic OH excluding ortho intramolecular Hbond substituents is 1. The second-order valence-electron chi connectivity index (χ2n) is 4.30. The van der Waals surface area contributed by atoms with Crippen molar-refractivity contribution in [2.45, 2.75) is 19.3 Å². The standard InChI is InChI=1S/C13H16FNO3/c14-11-9-10(4-5-12(11)16)18-8-2-7-15-6-1-3-13(15)17/h4-5,9,16H,1-3,6-8H2. The maximum atomic E-state index is 13.0. The summed E-state index contributed by atoms with van der Waals surface area (Å²) in [5, 5.41) is 9.01. The Bertz CT molecular complexity index is 436. The molecular weight excluding hydrogens is 237 g/mol. The van der Waals surface area contributed by atoms with E-state index in [4.69, 9.17) is 9.84 Å². The molecule has 98 valence electrons. The van der Waals surface area contributed by atoms with Crippen LogP contribution >= 0.6 is 0 Å². The number of phenols is 1. The van der Waals surface area contributed by atoms with E-state index in [-0.39, 0.29) is 11.7 Å². The molecule has 0 radical (unpaired) electrons. The summed E-state index contributed by atoms with van der Waals surface area (Å²) in [5.41, 5.74) is 0. The summed E-state index contributed by atoms with van der Waals surface area (Å²) >= 11 is 0. The largest absolute Gasteiger partial charge is 0.505 e. The Kier molecular flexibility index (Phi) is 4.02. The van der Waals surface area contributed by atoms with Crippen LogP contribution in [0.15, 0.2) is 18.2 Å². The van der Waals surface area contributed by atoms with Gasteiger partial charge in [-0.1, -0.05) is 0 Å². The fourth-order valence-corrected chi connectivity index (χ4v) is 1.96. The van der Waals surface area contributed by atoms with E-state index in [1.165, 1.54) is 12.1 Å². The highest BCUT2D eigenvalue weighted by Gasteiger charge is 2.18. The van der Waals surface area contributed by atoms with Crippen LogP contribution in [0, 0.1) is 5.82 Å². The molecule has 1 aromatic carbocycles. The van der Waals surface area contributed by atoms with Crippen LogP contribution in [0.2, 0.25) is 0 Å². The summed E-state index contributed by atoms with van der Waals surface area (Å²) in [6.45, 7) is 1.93. The first-order valence-electron chi connectivity index (χ1n) is 6.06. The molecule has 0 aromatic heterocycles. The number of carbonyl (C=O) groups is 1. The van der Waals surface area contributed by atoms with Crippen molar-refractivity contribution in [1.82, 2.24) is 4.90 Å². The molecule has 1 amide bonds. The van der Waals surface area contributed by atoms with Gasteiger partial charge in [0, 0.05) is 25.6 Å². The van der Waals surface area contributed by atoms with Gasteiger partial charge in [0.2, 0.25) is 5.91 Å². The normalized spacial score (nSPS) is 15.2. The van der Waals surface area contributed by atoms with Crippen LogP contribution in [0.5, 0.6) is 11.5 Å². The van der Waals surface area contributed by atoms with Crippen LogP contribution < -0.4 is 4.74 Å². The van der Waals surface area contributed by atoms with E-state index >= 15 is 0 Å². The minimum atomic E-state index is -0.692. The summed E-state index contributed by atoms with van der Waals surface area (Å²) in [5.74, 6) is -0.490. The zero-order valence-corrected chi connectivity index (χ0v) is 10.1. The summed E-state index contributed by atoms with van der Waals surface area (Å²) in [7, 11) is 0. The smallest absolute Gasteiger partial charge is 0.222 e. The number of hydrogen-bond donors (Lipinski definition) is 1. The molecular formula is C13H16FNO3. The third-order valence-electron chi connectivity index (χ3n) is 2.93. The summed E-state index contributed by atoms with van der Waals surface area (Å²) in [4.78, 5) is 13.1. The predicted octanol–water partition coefficient (Wildman–Crippen LogP) is 1.92. The van der Waals surface area contributed by atoms with Crippen molar-refractivity contribution in [3.8, 4) is 11.5 Å². The molecule has 5 heteroatoms. The number of ether oxygens (including phenoxy) is 1. The molecule has 0 unspecified atom stereocenters. The summed E-state index contributed by atoms with van der Waals surface area (Å²) < 4.78 is 18.4. The quantitative estimate of drug-likeness (QED) is 0.816. The van der Waals surface area contributed by atoms with E-state index in [0.29, 0.717) is 31.7 Å². The lowest BCUT2D eigenvalue weighted by Gasteiger charge is -2.15. The highest BCUT2D eigenvalue weighted by atomic mass is 19.1. The van der Waals surface area contributed by atoms with E-state index < -0.39 is 5.82 Å².